The minimum absolute atomic E-state index is 0.0556. The summed E-state index contributed by atoms with van der Waals surface area (Å²) in [4.78, 5) is 0. The standard InChI is InChI=1S/C11H8F2N2/c12-10-6-9(7-15)11(13)5-8(10)3-1-2-4-14/h5-6H,2,4,14H2. The number of nitrogens with two attached hydrogens (primary N) is 1. The lowest BCUT2D eigenvalue weighted by Crippen LogP contribution is -1.96. The second-order valence-electron chi connectivity index (χ2n) is 2.76. The maximum Gasteiger partial charge on any atom is 0.142 e. The van der Waals surface area contributed by atoms with Crippen molar-refractivity contribution in [3.8, 4) is 17.9 Å². The highest BCUT2D eigenvalue weighted by Gasteiger charge is 2.07. The number of nitriles is 1. The van der Waals surface area contributed by atoms with Crippen molar-refractivity contribution in [2.75, 3.05) is 6.54 Å². The van der Waals surface area contributed by atoms with Gasteiger partial charge in [-0.1, -0.05) is 11.8 Å². The van der Waals surface area contributed by atoms with E-state index in [1.54, 1.807) is 6.07 Å². The second-order valence-corrected chi connectivity index (χ2v) is 2.76. The highest BCUT2D eigenvalue weighted by atomic mass is 19.1. The van der Waals surface area contributed by atoms with Gasteiger partial charge in [0.2, 0.25) is 0 Å². The SMILES string of the molecule is N#Cc1cc(F)c(C#CCCN)cc1F. The Bertz CT molecular complexity index is 464. The van der Waals surface area contributed by atoms with Crippen LogP contribution in [0.1, 0.15) is 17.5 Å². The third-order valence-corrected chi connectivity index (χ3v) is 1.67. The Morgan fingerprint density at radius 3 is 2.40 bits per heavy atom. The maximum absolute atomic E-state index is 13.2. The zero-order valence-electron chi connectivity index (χ0n) is 7.85. The number of halogens is 2. The Balaban J connectivity index is 3.08. The molecule has 0 heterocycles. The molecule has 0 bridgehead atoms. The molecule has 0 aliphatic rings. The van der Waals surface area contributed by atoms with Gasteiger partial charge in [-0.25, -0.2) is 8.78 Å². The van der Waals surface area contributed by atoms with Crippen molar-refractivity contribution in [1.29, 1.82) is 5.26 Å². The zero-order valence-corrected chi connectivity index (χ0v) is 7.85. The van der Waals surface area contributed by atoms with Crippen molar-refractivity contribution in [1.82, 2.24) is 0 Å². The van der Waals surface area contributed by atoms with E-state index in [0.717, 1.165) is 12.1 Å². The van der Waals surface area contributed by atoms with E-state index >= 15 is 0 Å². The molecule has 0 aromatic heterocycles. The summed E-state index contributed by atoms with van der Waals surface area (Å²) in [5, 5.41) is 8.44. The molecule has 0 aliphatic heterocycles. The molecule has 0 spiro atoms. The number of benzene rings is 1. The fraction of sp³-hybridized carbons (Fsp3) is 0.182. The summed E-state index contributed by atoms with van der Waals surface area (Å²) in [5.41, 5.74) is 4.81. The molecule has 1 rings (SSSR count). The molecule has 1 aromatic rings. The molecule has 0 atom stereocenters. The van der Waals surface area contributed by atoms with Gasteiger partial charge in [0.15, 0.2) is 0 Å². The molecule has 0 aliphatic carbocycles. The predicted octanol–water partition coefficient (Wildman–Crippen LogP) is 1.54. The van der Waals surface area contributed by atoms with Gasteiger partial charge in [0.25, 0.3) is 0 Å². The Labute approximate surface area is 86.3 Å². The summed E-state index contributed by atoms with van der Waals surface area (Å²) in [6.45, 7) is 0.368. The fourth-order valence-corrected chi connectivity index (χ4v) is 0.958. The molecule has 76 valence electrons. The van der Waals surface area contributed by atoms with E-state index in [0.29, 0.717) is 13.0 Å². The second kappa shape index (κ2) is 5.09. The Hall–Kier alpha value is -1.91. The molecule has 0 unspecified atom stereocenters. The Morgan fingerprint density at radius 2 is 1.80 bits per heavy atom. The summed E-state index contributed by atoms with van der Waals surface area (Å²) in [7, 11) is 0. The summed E-state index contributed by atoms with van der Waals surface area (Å²) in [6.07, 6.45) is 0.418. The summed E-state index contributed by atoms with van der Waals surface area (Å²) in [5.74, 6) is 3.58. The first kappa shape index (κ1) is 11.2. The van der Waals surface area contributed by atoms with Crippen LogP contribution in [0.3, 0.4) is 0 Å². The van der Waals surface area contributed by atoms with E-state index in [9.17, 15) is 8.78 Å². The lowest BCUT2D eigenvalue weighted by molar-refractivity contribution is 0.594. The van der Waals surface area contributed by atoms with Gasteiger partial charge < -0.3 is 5.73 Å². The molecule has 0 saturated carbocycles. The average molecular weight is 206 g/mol. The minimum atomic E-state index is -0.768. The van der Waals surface area contributed by atoms with Gasteiger partial charge in [0.1, 0.15) is 17.7 Å². The van der Waals surface area contributed by atoms with Crippen LogP contribution in [0, 0.1) is 34.8 Å². The first-order chi connectivity index (χ1) is 7.19. The maximum atomic E-state index is 13.2. The van der Waals surface area contributed by atoms with E-state index in [1.807, 2.05) is 0 Å². The van der Waals surface area contributed by atoms with E-state index in [-0.39, 0.29) is 11.1 Å². The fourth-order valence-electron chi connectivity index (χ4n) is 0.958. The van der Waals surface area contributed by atoms with Crippen LogP contribution in [0.25, 0.3) is 0 Å². The lowest BCUT2D eigenvalue weighted by atomic mass is 10.1. The summed E-state index contributed by atoms with van der Waals surface area (Å²) < 4.78 is 26.3. The molecule has 0 saturated heterocycles. The van der Waals surface area contributed by atoms with Gasteiger partial charge in [-0.3, -0.25) is 0 Å². The molecule has 2 nitrogen and oxygen atoms in total. The molecule has 4 heteroatoms. The van der Waals surface area contributed by atoms with Crippen molar-refractivity contribution < 1.29 is 8.78 Å². The molecule has 15 heavy (non-hydrogen) atoms. The van der Waals surface area contributed by atoms with Crippen LogP contribution >= 0.6 is 0 Å². The third-order valence-electron chi connectivity index (χ3n) is 1.67. The molecule has 0 amide bonds. The number of hydrogen-bond acceptors (Lipinski definition) is 2. The topological polar surface area (TPSA) is 49.8 Å². The van der Waals surface area contributed by atoms with Crippen molar-refractivity contribution in [3.05, 3.63) is 34.9 Å². The third kappa shape index (κ3) is 2.77. The zero-order chi connectivity index (χ0) is 11.3. The molecule has 0 radical (unpaired) electrons. The van der Waals surface area contributed by atoms with Crippen LogP contribution in [0.15, 0.2) is 12.1 Å². The van der Waals surface area contributed by atoms with Gasteiger partial charge in [0.05, 0.1) is 11.1 Å². The van der Waals surface area contributed by atoms with E-state index in [4.69, 9.17) is 11.0 Å². The molecular weight excluding hydrogens is 198 g/mol. The van der Waals surface area contributed by atoms with E-state index < -0.39 is 11.6 Å². The van der Waals surface area contributed by atoms with Gasteiger partial charge in [-0.15, -0.1) is 0 Å². The van der Waals surface area contributed by atoms with Crippen molar-refractivity contribution >= 4 is 0 Å². The van der Waals surface area contributed by atoms with Crippen molar-refractivity contribution in [2.24, 2.45) is 5.73 Å². The molecule has 0 fully saturated rings. The summed E-state index contributed by atoms with van der Waals surface area (Å²) >= 11 is 0. The highest BCUT2D eigenvalue weighted by Crippen LogP contribution is 2.13. The van der Waals surface area contributed by atoms with Gasteiger partial charge in [0, 0.05) is 13.0 Å². The first-order valence-electron chi connectivity index (χ1n) is 4.27. The van der Waals surface area contributed by atoms with Gasteiger partial charge in [-0.2, -0.15) is 5.26 Å². The number of rotatable bonds is 1. The van der Waals surface area contributed by atoms with Crippen LogP contribution in [0.4, 0.5) is 8.78 Å². The Morgan fingerprint density at radius 1 is 1.20 bits per heavy atom. The largest absolute Gasteiger partial charge is 0.330 e. The Kier molecular flexibility index (Phi) is 3.79. The van der Waals surface area contributed by atoms with Gasteiger partial charge in [-0.05, 0) is 12.1 Å². The van der Waals surface area contributed by atoms with Crippen LogP contribution in [-0.2, 0) is 0 Å². The smallest absolute Gasteiger partial charge is 0.142 e. The quantitative estimate of drug-likeness (QED) is 0.708. The van der Waals surface area contributed by atoms with E-state index in [1.165, 1.54) is 0 Å². The molecular formula is C11H8F2N2. The normalized spacial score (nSPS) is 8.93. The highest BCUT2D eigenvalue weighted by molar-refractivity contribution is 5.42. The molecule has 2 N–H and O–H groups in total. The monoisotopic (exact) mass is 206 g/mol. The lowest BCUT2D eigenvalue weighted by Gasteiger charge is -1.96. The van der Waals surface area contributed by atoms with Crippen molar-refractivity contribution in [3.63, 3.8) is 0 Å². The first-order valence-corrected chi connectivity index (χ1v) is 4.27. The van der Waals surface area contributed by atoms with Gasteiger partial charge >= 0.3 is 0 Å². The predicted molar refractivity (Wildman–Crippen MR) is 51.6 cm³/mol. The van der Waals surface area contributed by atoms with Crippen molar-refractivity contribution in [2.45, 2.75) is 6.42 Å². The number of nitrogens with zero attached hydrogens (tertiary/aromatic N) is 1. The minimum Gasteiger partial charge on any atom is -0.330 e. The summed E-state index contributed by atoms with van der Waals surface area (Å²) in [6, 6.07) is 3.30. The van der Waals surface area contributed by atoms with E-state index in [2.05, 4.69) is 11.8 Å². The van der Waals surface area contributed by atoms with Crippen LogP contribution in [-0.4, -0.2) is 6.54 Å². The number of hydrogen-bond donors (Lipinski definition) is 1. The van der Waals surface area contributed by atoms with Crippen LogP contribution in [0.5, 0.6) is 0 Å². The molecule has 1 aromatic carbocycles. The van der Waals surface area contributed by atoms with Crippen LogP contribution < -0.4 is 5.73 Å². The average Bonchev–Trinajstić information content (AvgIpc) is 2.23. The van der Waals surface area contributed by atoms with Crippen LogP contribution in [0.2, 0.25) is 0 Å².